The largest absolute Gasteiger partial charge is 0.341 e. The van der Waals surface area contributed by atoms with E-state index >= 15 is 8.78 Å². The summed E-state index contributed by atoms with van der Waals surface area (Å²) in [5.74, 6) is -1.84. The van der Waals surface area contributed by atoms with Crippen LogP contribution in [0.2, 0.25) is 0 Å². The lowest BCUT2D eigenvalue weighted by atomic mass is 9.85. The molecule has 210 valence electrons. The maximum atomic E-state index is 15.9. The van der Waals surface area contributed by atoms with Gasteiger partial charge in [-0.2, -0.15) is 8.78 Å². The number of carbonyl (C=O) groups excluding carboxylic acids is 1. The van der Waals surface area contributed by atoms with Gasteiger partial charge in [-0.3, -0.25) is 4.79 Å². The molecule has 8 rings (SSSR count). The number of carbonyl (C=O) groups is 1. The van der Waals surface area contributed by atoms with Crippen LogP contribution in [0, 0.1) is 5.92 Å². The van der Waals surface area contributed by atoms with Gasteiger partial charge in [0.2, 0.25) is 5.91 Å². The Labute approximate surface area is 237 Å². The second-order valence-electron chi connectivity index (χ2n) is 12.2. The number of anilines is 1. The lowest BCUT2D eigenvalue weighted by molar-refractivity contribution is -0.117. The summed E-state index contributed by atoms with van der Waals surface area (Å²) in [5, 5.41) is 9.85. The molecule has 4 aliphatic rings. The summed E-state index contributed by atoms with van der Waals surface area (Å²) < 4.78 is 31.9. The van der Waals surface area contributed by atoms with Gasteiger partial charge in [-0.05, 0) is 97.2 Å². The van der Waals surface area contributed by atoms with Gasteiger partial charge in [0.05, 0.1) is 23.1 Å². The molecule has 3 fully saturated rings. The SMILES string of the molecule is O=C(Nc1ccc2c(c1)C(F)(F)c1cc(-c3ccc4nc([C@@H]5CCCN5)[nH]c4c3)ccc1-2)C1CC2CCCC[C@@H]2N1. The van der Waals surface area contributed by atoms with E-state index in [2.05, 4.69) is 20.9 Å². The lowest BCUT2D eigenvalue weighted by Crippen LogP contribution is -2.39. The summed E-state index contributed by atoms with van der Waals surface area (Å²) in [6.45, 7) is 0.991. The molecule has 8 heteroatoms. The van der Waals surface area contributed by atoms with Gasteiger partial charge in [0.25, 0.3) is 5.92 Å². The zero-order valence-electron chi connectivity index (χ0n) is 22.8. The van der Waals surface area contributed by atoms with E-state index in [1.54, 1.807) is 24.3 Å². The third-order valence-electron chi connectivity index (χ3n) is 9.68. The van der Waals surface area contributed by atoms with Gasteiger partial charge in [0, 0.05) is 22.9 Å². The summed E-state index contributed by atoms with van der Waals surface area (Å²) in [7, 11) is 0. The van der Waals surface area contributed by atoms with E-state index in [0.29, 0.717) is 28.8 Å². The normalized spacial score (nSPS) is 26.1. The van der Waals surface area contributed by atoms with E-state index in [1.165, 1.54) is 18.9 Å². The summed E-state index contributed by atoms with van der Waals surface area (Å²) >= 11 is 0. The van der Waals surface area contributed by atoms with Crippen molar-refractivity contribution < 1.29 is 13.6 Å². The number of nitrogens with one attached hydrogen (secondary N) is 4. The Balaban J connectivity index is 1.05. The molecule has 4 N–H and O–H groups in total. The van der Waals surface area contributed by atoms with Crippen LogP contribution in [0.3, 0.4) is 0 Å². The van der Waals surface area contributed by atoms with E-state index in [1.807, 2.05) is 24.3 Å². The monoisotopic (exact) mass is 553 g/mol. The van der Waals surface area contributed by atoms with Crippen LogP contribution in [0.25, 0.3) is 33.3 Å². The smallest absolute Gasteiger partial charge is 0.299 e. The van der Waals surface area contributed by atoms with E-state index in [4.69, 9.17) is 4.98 Å². The molecule has 3 heterocycles. The predicted molar refractivity (Wildman–Crippen MR) is 156 cm³/mol. The van der Waals surface area contributed by atoms with Gasteiger partial charge >= 0.3 is 0 Å². The Morgan fingerprint density at radius 3 is 2.51 bits per heavy atom. The van der Waals surface area contributed by atoms with Crippen molar-refractivity contribution in [2.75, 3.05) is 11.9 Å². The quantitative estimate of drug-likeness (QED) is 0.229. The van der Waals surface area contributed by atoms with E-state index < -0.39 is 5.92 Å². The summed E-state index contributed by atoms with van der Waals surface area (Å²) in [6, 6.07) is 16.4. The van der Waals surface area contributed by atoms with Crippen LogP contribution in [0.5, 0.6) is 0 Å². The Morgan fingerprint density at radius 2 is 1.68 bits per heavy atom. The van der Waals surface area contributed by atoms with Crippen molar-refractivity contribution in [2.24, 2.45) is 5.92 Å². The molecule has 1 aromatic heterocycles. The fourth-order valence-electron chi connectivity index (χ4n) is 7.52. The van der Waals surface area contributed by atoms with Crippen molar-refractivity contribution in [3.63, 3.8) is 0 Å². The average Bonchev–Trinajstić information content (AvgIpc) is 3.78. The number of imidazole rings is 1. The first-order valence-electron chi connectivity index (χ1n) is 14.9. The number of alkyl halides is 2. The summed E-state index contributed by atoms with van der Waals surface area (Å²) in [4.78, 5) is 21.2. The minimum atomic E-state index is -3.17. The molecule has 0 spiro atoms. The number of nitrogens with zero attached hydrogens (tertiary/aromatic N) is 1. The van der Waals surface area contributed by atoms with Crippen molar-refractivity contribution in [3.05, 3.63) is 71.5 Å². The van der Waals surface area contributed by atoms with Crippen LogP contribution in [0.4, 0.5) is 14.5 Å². The zero-order chi connectivity index (χ0) is 27.7. The van der Waals surface area contributed by atoms with Gasteiger partial charge in [0.15, 0.2) is 0 Å². The Hall–Kier alpha value is -3.62. The zero-order valence-corrected chi connectivity index (χ0v) is 22.8. The van der Waals surface area contributed by atoms with Crippen molar-refractivity contribution in [3.8, 4) is 22.3 Å². The van der Waals surface area contributed by atoms with Gasteiger partial charge < -0.3 is 20.9 Å². The number of H-pyrrole nitrogens is 1. The number of rotatable bonds is 4. The molecule has 6 nitrogen and oxygen atoms in total. The number of fused-ring (bicyclic) bond motifs is 5. The minimum absolute atomic E-state index is 0.00411. The highest BCUT2D eigenvalue weighted by atomic mass is 19.3. The number of aromatic amines is 1. The molecule has 2 unspecified atom stereocenters. The predicted octanol–water partition coefficient (Wildman–Crippen LogP) is 6.63. The van der Waals surface area contributed by atoms with Gasteiger partial charge in [-0.1, -0.05) is 37.1 Å². The fourth-order valence-corrected chi connectivity index (χ4v) is 7.52. The van der Waals surface area contributed by atoms with E-state index in [0.717, 1.165) is 66.6 Å². The van der Waals surface area contributed by atoms with E-state index in [9.17, 15) is 4.79 Å². The number of amides is 1. The van der Waals surface area contributed by atoms with Gasteiger partial charge in [0.1, 0.15) is 5.82 Å². The molecule has 2 saturated heterocycles. The molecule has 4 atom stereocenters. The molecule has 41 heavy (non-hydrogen) atoms. The number of halogens is 2. The molecular formula is C33H33F2N5O. The third-order valence-corrected chi connectivity index (χ3v) is 9.68. The molecule has 2 aliphatic heterocycles. The highest BCUT2D eigenvalue weighted by Gasteiger charge is 2.45. The minimum Gasteiger partial charge on any atom is -0.341 e. The van der Waals surface area contributed by atoms with Crippen LogP contribution >= 0.6 is 0 Å². The van der Waals surface area contributed by atoms with Crippen LogP contribution in [0.15, 0.2) is 54.6 Å². The van der Waals surface area contributed by atoms with Crippen LogP contribution in [-0.4, -0.2) is 34.5 Å². The van der Waals surface area contributed by atoms with Gasteiger partial charge in [-0.25, -0.2) is 4.98 Å². The Morgan fingerprint density at radius 1 is 0.902 bits per heavy atom. The molecule has 3 aromatic carbocycles. The average molecular weight is 554 g/mol. The second-order valence-corrected chi connectivity index (χ2v) is 12.2. The first-order chi connectivity index (χ1) is 19.9. The summed E-state index contributed by atoms with van der Waals surface area (Å²) in [6.07, 6.45) is 7.67. The highest BCUT2D eigenvalue weighted by molar-refractivity contribution is 5.96. The Bertz CT molecular complexity index is 1660. The standard InChI is InChI=1S/C33H33F2N5O/c34-33(35)24-14-18(19-8-12-27-29(15-19)40-31(39-27)28-6-3-13-36-28)7-10-22(24)23-11-9-21(17-25(23)33)37-32(41)30-16-20-4-1-2-5-26(20)38-30/h7-12,14-15,17,20,26,28,30,36,38H,1-6,13,16H2,(H,37,41)(H,39,40)/t20?,26-,28-,30?/m0/s1. The topological polar surface area (TPSA) is 81.8 Å². The molecule has 2 aliphatic carbocycles. The molecular weight excluding hydrogens is 520 g/mol. The van der Waals surface area contributed by atoms with Crippen molar-refractivity contribution >= 4 is 22.6 Å². The fraction of sp³-hybridized carbons (Fsp3) is 0.394. The molecule has 0 radical (unpaired) electrons. The molecule has 1 saturated carbocycles. The Kier molecular flexibility index (Phi) is 5.80. The van der Waals surface area contributed by atoms with Crippen LogP contribution in [-0.2, 0) is 10.7 Å². The molecule has 0 bridgehead atoms. The second kappa shape index (κ2) is 9.46. The van der Waals surface area contributed by atoms with Crippen molar-refractivity contribution in [1.29, 1.82) is 0 Å². The van der Waals surface area contributed by atoms with Crippen LogP contribution < -0.4 is 16.0 Å². The number of hydrogen-bond acceptors (Lipinski definition) is 4. The van der Waals surface area contributed by atoms with Crippen molar-refractivity contribution in [2.45, 2.75) is 69.0 Å². The number of benzene rings is 3. The van der Waals surface area contributed by atoms with Gasteiger partial charge in [-0.15, -0.1) is 0 Å². The number of aromatic nitrogens is 2. The lowest BCUT2D eigenvalue weighted by Gasteiger charge is -2.24. The first kappa shape index (κ1) is 25.1. The molecule has 1 amide bonds. The van der Waals surface area contributed by atoms with Crippen LogP contribution in [0.1, 0.15) is 67.9 Å². The summed E-state index contributed by atoms with van der Waals surface area (Å²) in [5.41, 5.74) is 4.76. The maximum absolute atomic E-state index is 15.9. The van der Waals surface area contributed by atoms with Crippen molar-refractivity contribution in [1.82, 2.24) is 20.6 Å². The first-order valence-corrected chi connectivity index (χ1v) is 14.9. The highest BCUT2D eigenvalue weighted by Crippen LogP contribution is 2.52. The molecule has 4 aromatic rings. The number of hydrogen-bond donors (Lipinski definition) is 4. The van der Waals surface area contributed by atoms with E-state index in [-0.39, 0.29) is 29.1 Å². The maximum Gasteiger partial charge on any atom is 0.299 e. The third kappa shape index (κ3) is 4.18.